The van der Waals surface area contributed by atoms with E-state index in [1.54, 1.807) is 12.1 Å². The van der Waals surface area contributed by atoms with E-state index in [1.807, 2.05) is 46.7 Å². The van der Waals surface area contributed by atoms with Gasteiger partial charge in [0.25, 0.3) is 11.5 Å². The van der Waals surface area contributed by atoms with E-state index in [0.717, 1.165) is 28.8 Å². The van der Waals surface area contributed by atoms with E-state index in [4.69, 9.17) is 4.42 Å². The molecule has 142 valence electrons. The first-order valence-corrected chi connectivity index (χ1v) is 9.74. The number of amides is 1. The molecule has 1 saturated heterocycles. The van der Waals surface area contributed by atoms with Crippen LogP contribution in [0.4, 0.5) is 0 Å². The fourth-order valence-electron chi connectivity index (χ4n) is 4.75. The number of aromatic nitrogens is 1. The summed E-state index contributed by atoms with van der Waals surface area (Å²) in [5.74, 6) is 0.791. The molecule has 0 saturated carbocycles. The van der Waals surface area contributed by atoms with Gasteiger partial charge in [0, 0.05) is 36.8 Å². The topological polar surface area (TPSA) is 55.5 Å². The Balaban J connectivity index is 1.50. The molecule has 5 nitrogen and oxygen atoms in total. The molecule has 2 aliphatic rings. The Morgan fingerprint density at radius 1 is 1.00 bits per heavy atom. The van der Waals surface area contributed by atoms with E-state index in [2.05, 4.69) is 6.07 Å². The van der Waals surface area contributed by atoms with Crippen molar-refractivity contribution in [3.63, 3.8) is 0 Å². The Kier molecular flexibility index (Phi) is 3.97. The van der Waals surface area contributed by atoms with E-state index in [9.17, 15) is 9.59 Å². The van der Waals surface area contributed by atoms with Crippen LogP contribution in [0.15, 0.2) is 64.0 Å². The molecule has 5 heteroatoms. The number of fused-ring (bicyclic) bond motifs is 4. The van der Waals surface area contributed by atoms with Gasteiger partial charge in [0.2, 0.25) is 0 Å². The highest BCUT2D eigenvalue weighted by Gasteiger charge is 2.37. The second-order valence-corrected chi connectivity index (χ2v) is 7.89. The molecule has 0 aliphatic carbocycles. The van der Waals surface area contributed by atoms with Crippen LogP contribution in [-0.4, -0.2) is 28.5 Å². The molecule has 3 aromatic rings. The molecule has 2 unspecified atom stereocenters. The van der Waals surface area contributed by atoms with Crippen LogP contribution in [-0.2, 0) is 6.54 Å². The van der Waals surface area contributed by atoms with Gasteiger partial charge in [0.15, 0.2) is 5.76 Å². The van der Waals surface area contributed by atoms with Crippen molar-refractivity contribution in [3.8, 4) is 11.1 Å². The van der Waals surface area contributed by atoms with Crippen LogP contribution in [0.25, 0.3) is 11.1 Å². The van der Waals surface area contributed by atoms with Crippen LogP contribution in [0.2, 0.25) is 0 Å². The van der Waals surface area contributed by atoms with E-state index >= 15 is 0 Å². The Hall–Kier alpha value is -3.08. The van der Waals surface area contributed by atoms with Gasteiger partial charge in [-0.15, -0.1) is 0 Å². The zero-order valence-electron chi connectivity index (χ0n) is 15.8. The number of piperidine rings is 1. The molecule has 28 heavy (non-hydrogen) atoms. The first kappa shape index (κ1) is 17.0. The summed E-state index contributed by atoms with van der Waals surface area (Å²) in [6.07, 6.45) is 2.55. The van der Waals surface area contributed by atoms with Crippen molar-refractivity contribution in [1.82, 2.24) is 9.47 Å². The number of hydrogen-bond acceptors (Lipinski definition) is 3. The summed E-state index contributed by atoms with van der Waals surface area (Å²) in [7, 11) is 0. The standard InChI is InChI=1S/C23H22N2O3/c1-15-5-2-3-6-18(15)19-8-9-20-17-11-16(13-25(20)22(19)26)12-24(14-17)23(27)21-7-4-10-28-21/h2-10,16-17H,11-14H2,1H3. The Labute approximate surface area is 163 Å². The molecule has 1 aromatic carbocycles. The fraction of sp³-hybridized carbons (Fsp3) is 0.304. The van der Waals surface area contributed by atoms with Crippen molar-refractivity contribution in [2.45, 2.75) is 25.8 Å². The highest BCUT2D eigenvalue weighted by atomic mass is 16.3. The molecule has 0 N–H and O–H groups in total. The van der Waals surface area contributed by atoms with Gasteiger partial charge in [0.05, 0.1) is 6.26 Å². The third kappa shape index (κ3) is 2.70. The normalized spacial score (nSPS) is 20.7. The SMILES string of the molecule is Cc1ccccc1-c1ccc2n(c1=O)CC1CC2CN(C(=O)c2ccco2)C1. The van der Waals surface area contributed by atoms with E-state index in [1.165, 1.54) is 6.26 Å². The second-order valence-electron chi connectivity index (χ2n) is 7.89. The monoisotopic (exact) mass is 374 g/mol. The van der Waals surface area contributed by atoms with E-state index < -0.39 is 0 Å². The second kappa shape index (κ2) is 6.51. The summed E-state index contributed by atoms with van der Waals surface area (Å²) in [6.45, 7) is 3.98. The lowest BCUT2D eigenvalue weighted by Gasteiger charge is -2.42. The van der Waals surface area contributed by atoms with Gasteiger partial charge in [-0.1, -0.05) is 24.3 Å². The quantitative estimate of drug-likeness (QED) is 0.688. The van der Waals surface area contributed by atoms with Gasteiger partial charge in [-0.05, 0) is 54.7 Å². The van der Waals surface area contributed by atoms with Crippen LogP contribution in [0.5, 0.6) is 0 Å². The molecule has 1 amide bonds. The minimum atomic E-state index is -0.0629. The van der Waals surface area contributed by atoms with Crippen LogP contribution in [0.1, 0.15) is 34.2 Å². The predicted octanol–water partition coefficient (Wildman–Crippen LogP) is 3.68. The fourth-order valence-corrected chi connectivity index (χ4v) is 4.75. The summed E-state index contributed by atoms with van der Waals surface area (Å²) in [6, 6.07) is 15.5. The first-order valence-electron chi connectivity index (χ1n) is 9.74. The Bertz CT molecular complexity index is 1100. The average Bonchev–Trinajstić information content (AvgIpc) is 3.24. The number of benzene rings is 1. The van der Waals surface area contributed by atoms with E-state index in [0.29, 0.717) is 25.4 Å². The third-order valence-corrected chi connectivity index (χ3v) is 6.06. The number of carbonyl (C=O) groups is 1. The number of aryl methyl sites for hydroxylation is 1. The zero-order chi connectivity index (χ0) is 19.3. The summed E-state index contributed by atoms with van der Waals surface area (Å²) in [5, 5.41) is 0. The molecular formula is C23H22N2O3. The molecule has 0 radical (unpaired) electrons. The summed E-state index contributed by atoms with van der Waals surface area (Å²) in [5.41, 5.74) is 3.97. The largest absolute Gasteiger partial charge is 0.459 e. The van der Waals surface area contributed by atoms with Crippen LogP contribution >= 0.6 is 0 Å². The Morgan fingerprint density at radius 2 is 1.86 bits per heavy atom. The number of likely N-dealkylation sites (tertiary alicyclic amines) is 1. The maximum Gasteiger partial charge on any atom is 0.289 e. The molecule has 2 aliphatic heterocycles. The number of carbonyl (C=O) groups excluding carboxylic acids is 1. The molecule has 0 spiro atoms. The smallest absolute Gasteiger partial charge is 0.289 e. The molecule has 4 heterocycles. The third-order valence-electron chi connectivity index (χ3n) is 6.06. The van der Waals surface area contributed by atoms with Crippen molar-refractivity contribution < 1.29 is 9.21 Å². The molecule has 5 rings (SSSR count). The highest BCUT2D eigenvalue weighted by molar-refractivity contribution is 5.91. The predicted molar refractivity (Wildman–Crippen MR) is 106 cm³/mol. The summed E-state index contributed by atoms with van der Waals surface area (Å²) in [4.78, 5) is 27.9. The van der Waals surface area contributed by atoms with Crippen LogP contribution in [0.3, 0.4) is 0 Å². The first-order chi connectivity index (χ1) is 13.6. The lowest BCUT2D eigenvalue weighted by molar-refractivity contribution is 0.0564. The Morgan fingerprint density at radius 3 is 2.64 bits per heavy atom. The zero-order valence-corrected chi connectivity index (χ0v) is 15.8. The maximum absolute atomic E-state index is 13.3. The molecule has 1 fully saturated rings. The minimum Gasteiger partial charge on any atom is -0.459 e. The van der Waals surface area contributed by atoms with Gasteiger partial charge in [-0.25, -0.2) is 0 Å². The highest BCUT2D eigenvalue weighted by Crippen LogP contribution is 2.36. The molecule has 2 bridgehead atoms. The van der Waals surface area contributed by atoms with Crippen molar-refractivity contribution in [3.05, 3.63) is 82.2 Å². The molecular weight excluding hydrogens is 352 g/mol. The van der Waals surface area contributed by atoms with Crippen molar-refractivity contribution in [2.75, 3.05) is 13.1 Å². The minimum absolute atomic E-state index is 0.0629. The van der Waals surface area contributed by atoms with Crippen LogP contribution < -0.4 is 5.56 Å². The number of nitrogens with zero attached hydrogens (tertiary/aromatic N) is 2. The molecule has 2 aromatic heterocycles. The van der Waals surface area contributed by atoms with Crippen molar-refractivity contribution >= 4 is 5.91 Å². The maximum atomic E-state index is 13.3. The number of hydrogen-bond donors (Lipinski definition) is 0. The summed E-state index contributed by atoms with van der Waals surface area (Å²) >= 11 is 0. The van der Waals surface area contributed by atoms with Gasteiger partial charge >= 0.3 is 0 Å². The van der Waals surface area contributed by atoms with Gasteiger partial charge in [-0.2, -0.15) is 0 Å². The van der Waals surface area contributed by atoms with Crippen molar-refractivity contribution in [1.29, 1.82) is 0 Å². The average molecular weight is 374 g/mol. The van der Waals surface area contributed by atoms with Crippen molar-refractivity contribution in [2.24, 2.45) is 5.92 Å². The van der Waals surface area contributed by atoms with Crippen LogP contribution in [0, 0.1) is 12.8 Å². The number of furan rings is 1. The lowest BCUT2D eigenvalue weighted by atomic mass is 9.82. The van der Waals surface area contributed by atoms with E-state index in [-0.39, 0.29) is 23.3 Å². The number of rotatable bonds is 2. The van der Waals surface area contributed by atoms with Gasteiger partial charge < -0.3 is 13.9 Å². The number of pyridine rings is 1. The summed E-state index contributed by atoms with van der Waals surface area (Å²) < 4.78 is 7.23. The molecule has 2 atom stereocenters. The van der Waals surface area contributed by atoms with Gasteiger partial charge in [-0.3, -0.25) is 9.59 Å². The lowest BCUT2D eigenvalue weighted by Crippen LogP contribution is -2.49. The van der Waals surface area contributed by atoms with Gasteiger partial charge in [0.1, 0.15) is 0 Å².